The maximum Gasteiger partial charge on any atom is 0.141 e. The Morgan fingerprint density at radius 3 is 2.53 bits per heavy atom. The molecular formula is C14H23N3O2. The Labute approximate surface area is 114 Å². The molecule has 5 nitrogen and oxygen atoms in total. The van der Waals surface area contributed by atoms with Crippen molar-refractivity contribution in [3.63, 3.8) is 0 Å². The van der Waals surface area contributed by atoms with Crippen LogP contribution in [0, 0.1) is 0 Å². The molecule has 1 rings (SSSR count). The quantitative estimate of drug-likeness (QED) is 0.261. The van der Waals surface area contributed by atoms with Crippen LogP contribution >= 0.6 is 0 Å². The number of amidine groups is 1. The van der Waals surface area contributed by atoms with Crippen LogP contribution in [-0.2, 0) is 0 Å². The van der Waals surface area contributed by atoms with Crippen LogP contribution in [0.25, 0.3) is 0 Å². The zero-order valence-corrected chi connectivity index (χ0v) is 11.5. The highest BCUT2D eigenvalue weighted by Gasteiger charge is 2.23. The number of nitrogens with two attached hydrogens (primary N) is 1. The van der Waals surface area contributed by atoms with Gasteiger partial charge in [0.1, 0.15) is 5.84 Å². The highest BCUT2D eigenvalue weighted by molar-refractivity contribution is 5.80. The van der Waals surface area contributed by atoms with Crippen molar-refractivity contribution in [2.75, 3.05) is 6.61 Å². The molecule has 5 heteroatoms. The van der Waals surface area contributed by atoms with E-state index in [2.05, 4.69) is 10.5 Å². The summed E-state index contributed by atoms with van der Waals surface area (Å²) in [5.74, 6) is 0.182. The fraction of sp³-hybridized carbons (Fsp3) is 0.500. The van der Waals surface area contributed by atoms with Crippen LogP contribution in [0.15, 0.2) is 35.5 Å². The molecule has 0 aliphatic rings. The summed E-state index contributed by atoms with van der Waals surface area (Å²) in [5.41, 5.74) is 6.45. The van der Waals surface area contributed by atoms with E-state index in [4.69, 9.17) is 16.0 Å². The van der Waals surface area contributed by atoms with Gasteiger partial charge in [-0.05, 0) is 25.8 Å². The Hall–Kier alpha value is -1.59. The molecule has 1 aromatic carbocycles. The molecule has 0 radical (unpaired) electrons. The summed E-state index contributed by atoms with van der Waals surface area (Å²) in [6, 6.07) is 9.79. The van der Waals surface area contributed by atoms with Crippen LogP contribution in [0.2, 0.25) is 0 Å². The lowest BCUT2D eigenvalue weighted by Gasteiger charge is -2.31. The molecule has 0 aromatic heterocycles. The van der Waals surface area contributed by atoms with Crippen molar-refractivity contribution in [2.45, 2.75) is 38.3 Å². The summed E-state index contributed by atoms with van der Waals surface area (Å²) in [5, 5.41) is 24.3. The number of rotatable bonds is 7. The second-order valence-electron chi connectivity index (χ2n) is 5.26. The highest BCUT2D eigenvalue weighted by Crippen LogP contribution is 2.21. The monoisotopic (exact) mass is 265 g/mol. The Kier molecular flexibility index (Phi) is 5.79. The molecule has 19 heavy (non-hydrogen) atoms. The summed E-state index contributed by atoms with van der Waals surface area (Å²) in [4.78, 5) is 0. The van der Waals surface area contributed by atoms with E-state index < -0.39 is 0 Å². The van der Waals surface area contributed by atoms with Crippen molar-refractivity contribution < 1.29 is 10.3 Å². The number of nitrogens with zero attached hydrogens (tertiary/aromatic N) is 1. The van der Waals surface area contributed by atoms with Gasteiger partial charge in [0.15, 0.2) is 0 Å². The third-order valence-electron chi connectivity index (χ3n) is 3.05. The van der Waals surface area contributed by atoms with E-state index in [1.807, 2.05) is 44.2 Å². The zero-order chi connectivity index (χ0) is 14.3. The Morgan fingerprint density at radius 2 is 2.00 bits per heavy atom. The lowest BCUT2D eigenvalue weighted by molar-refractivity contribution is 0.219. The summed E-state index contributed by atoms with van der Waals surface area (Å²) in [6.45, 7) is 4.15. The second kappa shape index (κ2) is 7.11. The molecule has 1 unspecified atom stereocenters. The lowest BCUT2D eigenvalue weighted by Crippen LogP contribution is -2.43. The van der Waals surface area contributed by atoms with Gasteiger partial charge in [0.05, 0.1) is 0 Å². The van der Waals surface area contributed by atoms with Gasteiger partial charge in [-0.1, -0.05) is 35.5 Å². The highest BCUT2D eigenvalue weighted by atomic mass is 16.4. The van der Waals surface area contributed by atoms with Crippen molar-refractivity contribution >= 4 is 5.84 Å². The van der Waals surface area contributed by atoms with Crippen molar-refractivity contribution in [1.82, 2.24) is 5.32 Å². The molecule has 0 saturated carbocycles. The maximum absolute atomic E-state index is 9.08. The number of hydrogen-bond acceptors (Lipinski definition) is 4. The second-order valence-corrected chi connectivity index (χ2v) is 5.26. The van der Waals surface area contributed by atoms with Crippen molar-refractivity contribution in [1.29, 1.82) is 0 Å². The number of oxime groups is 1. The number of aliphatic hydroxyl groups is 1. The predicted molar refractivity (Wildman–Crippen MR) is 76.1 cm³/mol. The number of benzene rings is 1. The smallest absolute Gasteiger partial charge is 0.141 e. The Bertz CT molecular complexity index is 404. The fourth-order valence-corrected chi connectivity index (χ4v) is 2.01. The molecule has 5 N–H and O–H groups in total. The van der Waals surface area contributed by atoms with E-state index in [1.165, 1.54) is 0 Å². The molecule has 0 bridgehead atoms. The van der Waals surface area contributed by atoms with E-state index in [9.17, 15) is 0 Å². The average molecular weight is 265 g/mol. The van der Waals surface area contributed by atoms with Crippen LogP contribution in [0.5, 0.6) is 0 Å². The first kappa shape index (κ1) is 15.5. The van der Waals surface area contributed by atoms with Crippen LogP contribution in [0.3, 0.4) is 0 Å². The molecule has 106 valence electrons. The molecule has 0 spiro atoms. The number of nitrogens with one attached hydrogen (secondary N) is 1. The van der Waals surface area contributed by atoms with Crippen molar-refractivity contribution in [2.24, 2.45) is 10.9 Å². The van der Waals surface area contributed by atoms with Gasteiger partial charge in [0.2, 0.25) is 0 Å². The Balaban J connectivity index is 2.87. The zero-order valence-electron chi connectivity index (χ0n) is 11.5. The molecule has 0 aliphatic heterocycles. The van der Waals surface area contributed by atoms with Gasteiger partial charge < -0.3 is 21.4 Å². The summed E-state index contributed by atoms with van der Waals surface area (Å²) < 4.78 is 0. The van der Waals surface area contributed by atoms with E-state index >= 15 is 0 Å². The third-order valence-corrected chi connectivity index (χ3v) is 3.05. The van der Waals surface area contributed by atoms with Gasteiger partial charge in [-0.15, -0.1) is 0 Å². The molecule has 0 amide bonds. The molecular weight excluding hydrogens is 242 g/mol. The number of aliphatic hydroxyl groups excluding tert-OH is 1. The van der Waals surface area contributed by atoms with Crippen LogP contribution in [0.4, 0.5) is 0 Å². The fourth-order valence-electron chi connectivity index (χ4n) is 2.01. The number of hydrogen-bond donors (Lipinski definition) is 4. The standard InChI is InChI=1S/C14H23N3O2/c1-14(2,8-9-18)16-12(10-13(15)17-19)11-6-4-3-5-7-11/h3-7,12,16,18-19H,8-10H2,1-2H3,(H2,15,17). The van der Waals surface area contributed by atoms with E-state index in [0.717, 1.165) is 5.56 Å². The molecule has 1 aromatic rings. The van der Waals surface area contributed by atoms with Crippen molar-refractivity contribution in [3.05, 3.63) is 35.9 Å². The molecule has 1 atom stereocenters. The minimum Gasteiger partial charge on any atom is -0.409 e. The summed E-state index contributed by atoms with van der Waals surface area (Å²) in [7, 11) is 0. The van der Waals surface area contributed by atoms with Gasteiger partial charge in [-0.25, -0.2) is 0 Å². The first-order valence-corrected chi connectivity index (χ1v) is 6.38. The van der Waals surface area contributed by atoms with Crippen LogP contribution in [-0.4, -0.2) is 28.3 Å². The molecule has 0 fully saturated rings. The molecule has 0 aliphatic carbocycles. The SMILES string of the molecule is CC(C)(CCO)NC(C/C(N)=N/O)c1ccccc1. The van der Waals surface area contributed by atoms with Gasteiger partial charge in [0, 0.05) is 24.6 Å². The van der Waals surface area contributed by atoms with Crippen LogP contribution < -0.4 is 11.1 Å². The van der Waals surface area contributed by atoms with Crippen molar-refractivity contribution in [3.8, 4) is 0 Å². The van der Waals surface area contributed by atoms with E-state index in [1.54, 1.807) is 0 Å². The minimum absolute atomic E-state index is 0.0568. The lowest BCUT2D eigenvalue weighted by atomic mass is 9.95. The van der Waals surface area contributed by atoms with Crippen LogP contribution in [0.1, 0.15) is 38.3 Å². The van der Waals surface area contributed by atoms with Gasteiger partial charge in [0.25, 0.3) is 0 Å². The first-order valence-electron chi connectivity index (χ1n) is 6.38. The normalized spacial score (nSPS) is 14.4. The maximum atomic E-state index is 9.08. The van der Waals surface area contributed by atoms with E-state index in [0.29, 0.717) is 12.8 Å². The predicted octanol–water partition coefficient (Wildman–Crippen LogP) is 1.61. The van der Waals surface area contributed by atoms with Gasteiger partial charge in [-0.3, -0.25) is 0 Å². The Morgan fingerprint density at radius 1 is 1.37 bits per heavy atom. The third kappa shape index (κ3) is 5.28. The summed E-state index contributed by atoms with van der Waals surface area (Å²) in [6.07, 6.45) is 1.04. The topological polar surface area (TPSA) is 90.9 Å². The minimum atomic E-state index is -0.231. The molecule has 0 heterocycles. The van der Waals surface area contributed by atoms with Gasteiger partial charge >= 0.3 is 0 Å². The average Bonchev–Trinajstić information content (AvgIpc) is 2.38. The first-order chi connectivity index (χ1) is 8.98. The van der Waals surface area contributed by atoms with E-state index in [-0.39, 0.29) is 24.0 Å². The summed E-state index contributed by atoms with van der Waals surface area (Å²) >= 11 is 0. The molecule has 0 saturated heterocycles. The van der Waals surface area contributed by atoms with Gasteiger partial charge in [-0.2, -0.15) is 0 Å². The largest absolute Gasteiger partial charge is 0.409 e.